The van der Waals surface area contributed by atoms with Crippen LogP contribution in [0.25, 0.3) is 0 Å². The second-order valence-electron chi connectivity index (χ2n) is 5.96. The van der Waals surface area contributed by atoms with Crippen molar-refractivity contribution in [3.05, 3.63) is 33.4 Å². The van der Waals surface area contributed by atoms with Crippen LogP contribution in [0.15, 0.2) is 12.1 Å². The molecular formula is C15H22N2O5. The number of alkyl carbamates (subject to hydrolysis) is 1. The van der Waals surface area contributed by atoms with Crippen LogP contribution in [0.4, 0.5) is 10.5 Å². The average Bonchev–Trinajstić information content (AvgIpc) is 2.33. The molecule has 0 radical (unpaired) electrons. The van der Waals surface area contributed by atoms with E-state index in [0.717, 1.165) is 5.56 Å². The average molecular weight is 310 g/mol. The number of nitro benzene ring substituents is 1. The minimum Gasteiger partial charge on any atom is -0.485 e. The summed E-state index contributed by atoms with van der Waals surface area (Å²) in [5, 5.41) is 13.6. The van der Waals surface area contributed by atoms with Gasteiger partial charge in [-0.15, -0.1) is 0 Å². The lowest BCUT2D eigenvalue weighted by atomic mass is 10.1. The Labute approximate surface area is 129 Å². The normalized spacial score (nSPS) is 11.0. The van der Waals surface area contributed by atoms with E-state index in [4.69, 9.17) is 9.47 Å². The molecule has 1 rings (SSSR count). The van der Waals surface area contributed by atoms with Gasteiger partial charge < -0.3 is 14.8 Å². The van der Waals surface area contributed by atoms with E-state index in [2.05, 4.69) is 5.32 Å². The highest BCUT2D eigenvalue weighted by atomic mass is 16.6. The SMILES string of the molecule is Cc1cc(C)c(OCCNC(=O)OC(C)(C)C)c([N+](=O)[O-])c1. The van der Waals surface area contributed by atoms with E-state index in [1.165, 1.54) is 6.07 Å². The second kappa shape index (κ2) is 7.11. The maximum atomic E-state index is 11.5. The second-order valence-corrected chi connectivity index (χ2v) is 5.96. The summed E-state index contributed by atoms with van der Waals surface area (Å²) in [5.41, 5.74) is 0.833. The molecule has 0 aliphatic heterocycles. The highest BCUT2D eigenvalue weighted by Crippen LogP contribution is 2.31. The number of aryl methyl sites for hydroxylation is 2. The van der Waals surface area contributed by atoms with Gasteiger partial charge in [0.15, 0.2) is 5.75 Å². The molecule has 0 aliphatic rings. The summed E-state index contributed by atoms with van der Waals surface area (Å²) in [7, 11) is 0. The van der Waals surface area contributed by atoms with Gasteiger partial charge >= 0.3 is 11.8 Å². The number of nitrogens with zero attached hydrogens (tertiary/aromatic N) is 1. The summed E-state index contributed by atoms with van der Waals surface area (Å²) in [4.78, 5) is 22.0. The molecular weight excluding hydrogens is 288 g/mol. The molecule has 7 nitrogen and oxygen atoms in total. The third-order valence-corrected chi connectivity index (χ3v) is 2.61. The van der Waals surface area contributed by atoms with E-state index in [1.54, 1.807) is 34.6 Å². The predicted octanol–water partition coefficient (Wildman–Crippen LogP) is 3.12. The molecule has 0 aromatic heterocycles. The lowest BCUT2D eigenvalue weighted by molar-refractivity contribution is -0.386. The van der Waals surface area contributed by atoms with E-state index in [-0.39, 0.29) is 24.6 Å². The molecule has 0 bridgehead atoms. The molecule has 0 heterocycles. The fourth-order valence-electron chi connectivity index (χ4n) is 1.88. The van der Waals surface area contributed by atoms with Crippen LogP contribution in [0.2, 0.25) is 0 Å². The minimum absolute atomic E-state index is 0.0743. The molecule has 1 aromatic rings. The smallest absolute Gasteiger partial charge is 0.407 e. The van der Waals surface area contributed by atoms with Gasteiger partial charge in [-0.3, -0.25) is 10.1 Å². The maximum Gasteiger partial charge on any atom is 0.407 e. The number of nitro groups is 1. The van der Waals surface area contributed by atoms with Gasteiger partial charge in [0.25, 0.3) is 0 Å². The van der Waals surface area contributed by atoms with E-state index in [1.807, 2.05) is 6.07 Å². The molecule has 1 N–H and O–H groups in total. The molecule has 0 saturated carbocycles. The number of nitrogens with one attached hydrogen (secondary N) is 1. The molecule has 22 heavy (non-hydrogen) atoms. The van der Waals surface area contributed by atoms with E-state index in [9.17, 15) is 14.9 Å². The van der Waals surface area contributed by atoms with Gasteiger partial charge in [0.1, 0.15) is 12.2 Å². The first-order valence-corrected chi connectivity index (χ1v) is 6.95. The molecule has 1 amide bonds. The van der Waals surface area contributed by atoms with Crippen LogP contribution in [0, 0.1) is 24.0 Å². The van der Waals surface area contributed by atoms with Gasteiger partial charge in [-0.1, -0.05) is 6.07 Å². The molecule has 0 unspecified atom stereocenters. The Morgan fingerprint density at radius 3 is 2.50 bits per heavy atom. The van der Waals surface area contributed by atoms with Crippen molar-refractivity contribution in [2.24, 2.45) is 0 Å². The number of rotatable bonds is 5. The Kier molecular flexibility index (Phi) is 5.73. The van der Waals surface area contributed by atoms with E-state index in [0.29, 0.717) is 5.56 Å². The van der Waals surface area contributed by atoms with Crippen molar-refractivity contribution in [3.8, 4) is 5.75 Å². The summed E-state index contributed by atoms with van der Waals surface area (Å²) in [5.74, 6) is 0.224. The van der Waals surface area contributed by atoms with Gasteiger partial charge in [0.05, 0.1) is 11.5 Å². The highest BCUT2D eigenvalue weighted by molar-refractivity contribution is 5.67. The molecule has 0 spiro atoms. The van der Waals surface area contributed by atoms with Crippen molar-refractivity contribution in [2.75, 3.05) is 13.2 Å². The largest absolute Gasteiger partial charge is 0.485 e. The lowest BCUT2D eigenvalue weighted by Crippen LogP contribution is -2.34. The minimum atomic E-state index is -0.572. The first kappa shape index (κ1) is 17.7. The molecule has 0 fully saturated rings. The zero-order chi connectivity index (χ0) is 16.9. The molecule has 1 aromatic carbocycles. The van der Waals surface area contributed by atoms with Gasteiger partial charge in [-0.2, -0.15) is 0 Å². The fourth-order valence-corrected chi connectivity index (χ4v) is 1.88. The maximum absolute atomic E-state index is 11.5. The fraction of sp³-hybridized carbons (Fsp3) is 0.533. The highest BCUT2D eigenvalue weighted by Gasteiger charge is 2.19. The van der Waals surface area contributed by atoms with Crippen molar-refractivity contribution < 1.29 is 19.2 Å². The Balaban J connectivity index is 2.59. The van der Waals surface area contributed by atoms with Gasteiger partial charge in [-0.05, 0) is 45.7 Å². The van der Waals surface area contributed by atoms with Crippen LogP contribution < -0.4 is 10.1 Å². The molecule has 7 heteroatoms. The van der Waals surface area contributed by atoms with Crippen LogP contribution in [-0.4, -0.2) is 29.8 Å². The first-order chi connectivity index (χ1) is 10.1. The number of ether oxygens (including phenoxy) is 2. The Hall–Kier alpha value is -2.31. The molecule has 122 valence electrons. The Morgan fingerprint density at radius 2 is 1.95 bits per heavy atom. The van der Waals surface area contributed by atoms with Gasteiger partial charge in [0.2, 0.25) is 0 Å². The third-order valence-electron chi connectivity index (χ3n) is 2.61. The van der Waals surface area contributed by atoms with E-state index >= 15 is 0 Å². The first-order valence-electron chi connectivity index (χ1n) is 6.95. The Morgan fingerprint density at radius 1 is 1.32 bits per heavy atom. The van der Waals surface area contributed by atoms with Crippen LogP contribution in [0.3, 0.4) is 0 Å². The summed E-state index contributed by atoms with van der Waals surface area (Å²) >= 11 is 0. The quantitative estimate of drug-likeness (QED) is 0.512. The van der Waals surface area contributed by atoms with Crippen LogP contribution in [0.5, 0.6) is 5.75 Å². The number of hydrogen-bond acceptors (Lipinski definition) is 5. The number of amides is 1. The van der Waals surface area contributed by atoms with Crippen LogP contribution in [0.1, 0.15) is 31.9 Å². The number of hydrogen-bond donors (Lipinski definition) is 1. The number of carbonyl (C=O) groups is 1. The van der Waals surface area contributed by atoms with Crippen molar-refractivity contribution in [1.29, 1.82) is 0 Å². The summed E-state index contributed by atoms with van der Waals surface area (Å²) in [6, 6.07) is 3.27. The zero-order valence-electron chi connectivity index (χ0n) is 13.6. The summed E-state index contributed by atoms with van der Waals surface area (Å²) < 4.78 is 10.5. The third kappa shape index (κ3) is 5.59. The topological polar surface area (TPSA) is 90.7 Å². The summed E-state index contributed by atoms with van der Waals surface area (Å²) in [6.07, 6.45) is -0.550. The number of benzene rings is 1. The standard InChI is InChI=1S/C15H22N2O5/c1-10-8-11(2)13(12(9-10)17(19)20)21-7-6-16-14(18)22-15(3,4)5/h8-9H,6-7H2,1-5H3,(H,16,18). The van der Waals surface area contributed by atoms with E-state index < -0.39 is 16.6 Å². The van der Waals surface area contributed by atoms with Crippen molar-refractivity contribution in [3.63, 3.8) is 0 Å². The van der Waals surface area contributed by atoms with Gasteiger partial charge in [-0.25, -0.2) is 4.79 Å². The Bertz CT molecular complexity index is 564. The van der Waals surface area contributed by atoms with Crippen molar-refractivity contribution in [1.82, 2.24) is 5.32 Å². The van der Waals surface area contributed by atoms with Gasteiger partial charge in [0, 0.05) is 6.07 Å². The molecule has 0 aliphatic carbocycles. The van der Waals surface area contributed by atoms with Crippen molar-refractivity contribution in [2.45, 2.75) is 40.2 Å². The summed E-state index contributed by atoms with van der Waals surface area (Å²) in [6.45, 7) is 9.14. The number of carbonyl (C=O) groups excluding carboxylic acids is 1. The lowest BCUT2D eigenvalue weighted by Gasteiger charge is -2.19. The van der Waals surface area contributed by atoms with Crippen molar-refractivity contribution >= 4 is 11.8 Å². The monoisotopic (exact) mass is 310 g/mol. The van der Waals surface area contributed by atoms with Crippen LogP contribution in [-0.2, 0) is 4.74 Å². The predicted molar refractivity (Wildman–Crippen MR) is 82.3 cm³/mol. The zero-order valence-corrected chi connectivity index (χ0v) is 13.6. The van der Waals surface area contributed by atoms with Crippen LogP contribution >= 0.6 is 0 Å². The molecule has 0 atom stereocenters. The molecule has 0 saturated heterocycles.